The minimum Gasteiger partial charge on any atom is -0.336 e. The van der Waals surface area contributed by atoms with Gasteiger partial charge < -0.3 is 4.90 Å². The van der Waals surface area contributed by atoms with Crippen LogP contribution in [0.3, 0.4) is 0 Å². The fourth-order valence-corrected chi connectivity index (χ4v) is 4.03. The molecule has 0 aromatic carbocycles. The standard InChI is InChI=1S/C13H18N6O3S/c1-9-8-18(6-7-19(9)23(3,21)22)13(20)10-4-5-14-12-11(10)15-16-17(12)2/h4-5,9H,6-8H2,1-3H3/t9-/m0/s1. The highest BCUT2D eigenvalue weighted by atomic mass is 32.2. The number of pyridine rings is 1. The van der Waals surface area contributed by atoms with Gasteiger partial charge in [-0.05, 0) is 13.0 Å². The van der Waals surface area contributed by atoms with E-state index in [4.69, 9.17) is 0 Å². The number of aryl methyl sites for hydroxylation is 1. The maximum atomic E-state index is 12.8. The van der Waals surface area contributed by atoms with E-state index in [1.54, 1.807) is 31.1 Å². The van der Waals surface area contributed by atoms with Gasteiger partial charge in [0.15, 0.2) is 5.65 Å². The largest absolute Gasteiger partial charge is 0.336 e. The molecule has 1 atom stereocenters. The molecule has 0 spiro atoms. The minimum absolute atomic E-state index is 0.182. The van der Waals surface area contributed by atoms with Gasteiger partial charge in [-0.3, -0.25) is 4.79 Å². The predicted octanol–water partition coefficient (Wildman–Crippen LogP) is -0.531. The monoisotopic (exact) mass is 338 g/mol. The van der Waals surface area contributed by atoms with E-state index in [1.165, 1.54) is 15.2 Å². The molecule has 0 saturated carbocycles. The number of aromatic nitrogens is 4. The van der Waals surface area contributed by atoms with Crippen LogP contribution in [0.25, 0.3) is 11.2 Å². The lowest BCUT2D eigenvalue weighted by Gasteiger charge is -2.38. The van der Waals surface area contributed by atoms with Gasteiger partial charge in [0.2, 0.25) is 10.0 Å². The van der Waals surface area contributed by atoms with E-state index < -0.39 is 10.0 Å². The van der Waals surface area contributed by atoms with E-state index in [0.29, 0.717) is 36.4 Å². The number of amides is 1. The van der Waals surface area contributed by atoms with Gasteiger partial charge in [0.25, 0.3) is 5.91 Å². The highest BCUT2D eigenvalue weighted by Gasteiger charge is 2.32. The summed E-state index contributed by atoms with van der Waals surface area (Å²) >= 11 is 0. The molecular weight excluding hydrogens is 320 g/mol. The third-order valence-electron chi connectivity index (χ3n) is 4.00. The number of hydrogen-bond acceptors (Lipinski definition) is 6. The minimum atomic E-state index is -3.26. The number of rotatable bonds is 2. The number of carbonyl (C=O) groups excluding carboxylic acids is 1. The molecule has 1 saturated heterocycles. The van der Waals surface area contributed by atoms with Crippen molar-refractivity contribution < 1.29 is 13.2 Å². The van der Waals surface area contributed by atoms with E-state index in [2.05, 4.69) is 15.3 Å². The highest BCUT2D eigenvalue weighted by Crippen LogP contribution is 2.19. The molecule has 10 heteroatoms. The van der Waals surface area contributed by atoms with Crippen LogP contribution in [0.1, 0.15) is 17.3 Å². The van der Waals surface area contributed by atoms with E-state index in [9.17, 15) is 13.2 Å². The van der Waals surface area contributed by atoms with Crippen molar-refractivity contribution in [1.82, 2.24) is 29.2 Å². The third kappa shape index (κ3) is 2.79. The third-order valence-corrected chi connectivity index (χ3v) is 5.39. The van der Waals surface area contributed by atoms with Crippen LogP contribution >= 0.6 is 0 Å². The number of sulfonamides is 1. The summed E-state index contributed by atoms with van der Waals surface area (Å²) in [7, 11) is -1.55. The lowest BCUT2D eigenvalue weighted by atomic mass is 10.1. The van der Waals surface area contributed by atoms with Gasteiger partial charge in [-0.25, -0.2) is 18.1 Å². The van der Waals surface area contributed by atoms with Crippen molar-refractivity contribution in [3.63, 3.8) is 0 Å². The second kappa shape index (κ2) is 5.53. The Kier molecular flexibility index (Phi) is 3.80. The molecule has 1 aliphatic heterocycles. The Balaban J connectivity index is 1.87. The van der Waals surface area contributed by atoms with E-state index >= 15 is 0 Å². The first kappa shape index (κ1) is 15.8. The van der Waals surface area contributed by atoms with Gasteiger partial charge >= 0.3 is 0 Å². The van der Waals surface area contributed by atoms with Gasteiger partial charge in [0.05, 0.1) is 11.8 Å². The zero-order valence-corrected chi connectivity index (χ0v) is 14.0. The van der Waals surface area contributed by atoms with Crippen molar-refractivity contribution in [3.05, 3.63) is 17.8 Å². The Labute approximate surface area is 133 Å². The van der Waals surface area contributed by atoms with Crippen molar-refractivity contribution in [2.45, 2.75) is 13.0 Å². The molecule has 1 aliphatic rings. The van der Waals surface area contributed by atoms with Crippen LogP contribution in [0.15, 0.2) is 12.3 Å². The fourth-order valence-electron chi connectivity index (χ4n) is 2.89. The average molecular weight is 338 g/mol. The van der Waals surface area contributed by atoms with Crippen molar-refractivity contribution >= 4 is 27.1 Å². The summed E-state index contributed by atoms with van der Waals surface area (Å²) in [4.78, 5) is 18.6. The SMILES string of the molecule is C[C@H]1CN(C(=O)c2ccnc3c2nnn3C)CCN1S(C)(=O)=O. The van der Waals surface area contributed by atoms with E-state index in [1.807, 2.05) is 0 Å². The second-order valence-corrected chi connectivity index (χ2v) is 7.65. The summed E-state index contributed by atoms with van der Waals surface area (Å²) < 4.78 is 26.4. The smallest absolute Gasteiger partial charge is 0.256 e. The molecule has 1 fully saturated rings. The molecule has 0 bridgehead atoms. The predicted molar refractivity (Wildman–Crippen MR) is 83.2 cm³/mol. The summed E-state index contributed by atoms with van der Waals surface area (Å²) in [5.74, 6) is -0.182. The summed E-state index contributed by atoms with van der Waals surface area (Å²) in [5, 5.41) is 7.89. The summed E-state index contributed by atoms with van der Waals surface area (Å²) in [6, 6.07) is 1.36. The first-order chi connectivity index (χ1) is 10.8. The van der Waals surface area contributed by atoms with Crippen LogP contribution in [0, 0.1) is 0 Å². The Hall–Kier alpha value is -2.07. The lowest BCUT2D eigenvalue weighted by molar-refractivity contribution is 0.0644. The number of nitrogens with zero attached hydrogens (tertiary/aromatic N) is 6. The zero-order valence-electron chi connectivity index (χ0n) is 13.2. The van der Waals surface area contributed by atoms with Gasteiger partial charge in [-0.2, -0.15) is 4.31 Å². The lowest BCUT2D eigenvalue weighted by Crippen LogP contribution is -2.55. The molecule has 2 aromatic heterocycles. The molecule has 0 unspecified atom stereocenters. The van der Waals surface area contributed by atoms with Crippen molar-refractivity contribution in [3.8, 4) is 0 Å². The van der Waals surface area contributed by atoms with Crippen LogP contribution in [-0.4, -0.2) is 75.4 Å². The molecule has 3 heterocycles. The maximum Gasteiger partial charge on any atom is 0.256 e. The molecular formula is C13H18N6O3S. The molecule has 23 heavy (non-hydrogen) atoms. The molecule has 0 aliphatic carbocycles. The molecule has 124 valence electrons. The van der Waals surface area contributed by atoms with Gasteiger partial charge in [0.1, 0.15) is 5.52 Å². The molecule has 0 radical (unpaired) electrons. The Morgan fingerprint density at radius 1 is 1.35 bits per heavy atom. The maximum absolute atomic E-state index is 12.8. The number of piperazine rings is 1. The van der Waals surface area contributed by atoms with Crippen molar-refractivity contribution in [1.29, 1.82) is 0 Å². The first-order valence-corrected chi connectivity index (χ1v) is 9.04. The van der Waals surface area contributed by atoms with Gasteiger partial charge in [-0.1, -0.05) is 5.21 Å². The number of hydrogen-bond donors (Lipinski definition) is 0. The Morgan fingerprint density at radius 3 is 2.74 bits per heavy atom. The van der Waals surface area contributed by atoms with Gasteiger partial charge in [-0.15, -0.1) is 5.10 Å². The molecule has 9 nitrogen and oxygen atoms in total. The first-order valence-electron chi connectivity index (χ1n) is 7.19. The van der Waals surface area contributed by atoms with Crippen LogP contribution in [0.4, 0.5) is 0 Å². The molecule has 1 amide bonds. The summed E-state index contributed by atoms with van der Waals surface area (Å²) in [5.41, 5.74) is 1.43. The Bertz CT molecular complexity index is 862. The molecule has 3 rings (SSSR count). The van der Waals surface area contributed by atoms with Crippen LogP contribution in [0.5, 0.6) is 0 Å². The molecule has 0 N–H and O–H groups in total. The highest BCUT2D eigenvalue weighted by molar-refractivity contribution is 7.88. The van der Waals surface area contributed by atoms with E-state index in [0.717, 1.165) is 0 Å². The van der Waals surface area contributed by atoms with Gasteiger partial charge in [0, 0.05) is 38.9 Å². The summed E-state index contributed by atoms with van der Waals surface area (Å²) in [6.45, 7) is 2.78. The second-order valence-electron chi connectivity index (χ2n) is 5.72. The van der Waals surface area contributed by atoms with Crippen LogP contribution in [0.2, 0.25) is 0 Å². The average Bonchev–Trinajstić information content (AvgIpc) is 2.87. The molecule has 2 aromatic rings. The fraction of sp³-hybridized carbons (Fsp3) is 0.538. The van der Waals surface area contributed by atoms with E-state index in [-0.39, 0.29) is 11.9 Å². The van der Waals surface area contributed by atoms with Crippen molar-refractivity contribution in [2.75, 3.05) is 25.9 Å². The quantitative estimate of drug-likeness (QED) is 0.729. The number of fused-ring (bicyclic) bond motifs is 1. The topological polar surface area (TPSA) is 101 Å². The van der Waals surface area contributed by atoms with Crippen LogP contribution < -0.4 is 0 Å². The normalized spacial score (nSPS) is 20.1. The van der Waals surface area contributed by atoms with Crippen LogP contribution in [-0.2, 0) is 17.1 Å². The number of carbonyl (C=O) groups is 1. The zero-order chi connectivity index (χ0) is 16.8. The summed E-state index contributed by atoms with van der Waals surface area (Å²) in [6.07, 6.45) is 2.74. The Morgan fingerprint density at radius 2 is 2.09 bits per heavy atom. The van der Waals surface area contributed by atoms with Crippen molar-refractivity contribution in [2.24, 2.45) is 7.05 Å².